The standard InChI is InChI=1S/C14H21ClN2/c1-16-14(9-10-17(2)13-7-8-13)11-3-5-12(15)6-4-11/h3-6,13-14,16H,7-10H2,1-2H3. The van der Waals surface area contributed by atoms with Gasteiger partial charge in [0.25, 0.3) is 0 Å². The van der Waals surface area contributed by atoms with Crippen molar-refractivity contribution in [1.82, 2.24) is 10.2 Å². The zero-order valence-electron chi connectivity index (χ0n) is 10.6. The highest BCUT2D eigenvalue weighted by atomic mass is 35.5. The Hall–Kier alpha value is -0.570. The Labute approximate surface area is 109 Å². The van der Waals surface area contributed by atoms with Crippen LogP contribution in [0.3, 0.4) is 0 Å². The van der Waals surface area contributed by atoms with Crippen LogP contribution in [0.1, 0.15) is 30.9 Å². The van der Waals surface area contributed by atoms with E-state index in [1.165, 1.54) is 18.4 Å². The summed E-state index contributed by atoms with van der Waals surface area (Å²) in [5.41, 5.74) is 1.32. The molecular weight excluding hydrogens is 232 g/mol. The summed E-state index contributed by atoms with van der Waals surface area (Å²) >= 11 is 5.91. The van der Waals surface area contributed by atoms with Crippen molar-refractivity contribution in [2.45, 2.75) is 31.3 Å². The number of nitrogens with one attached hydrogen (secondary N) is 1. The smallest absolute Gasteiger partial charge is 0.0406 e. The molecule has 0 aromatic heterocycles. The Bertz CT molecular complexity index is 346. The molecule has 1 unspecified atom stereocenters. The van der Waals surface area contributed by atoms with Gasteiger partial charge in [-0.1, -0.05) is 23.7 Å². The molecule has 1 aromatic carbocycles. The predicted octanol–water partition coefficient (Wildman–Crippen LogP) is 3.08. The summed E-state index contributed by atoms with van der Waals surface area (Å²) in [5.74, 6) is 0. The van der Waals surface area contributed by atoms with E-state index in [1.54, 1.807) is 0 Å². The van der Waals surface area contributed by atoms with E-state index in [-0.39, 0.29) is 0 Å². The molecule has 1 N–H and O–H groups in total. The van der Waals surface area contributed by atoms with Gasteiger partial charge in [0.05, 0.1) is 0 Å². The van der Waals surface area contributed by atoms with E-state index in [9.17, 15) is 0 Å². The van der Waals surface area contributed by atoms with Gasteiger partial charge >= 0.3 is 0 Å². The molecule has 0 amide bonds. The number of hydrogen-bond acceptors (Lipinski definition) is 2. The third-order valence-corrected chi connectivity index (χ3v) is 3.81. The number of benzene rings is 1. The van der Waals surface area contributed by atoms with Crippen LogP contribution in [0, 0.1) is 0 Å². The van der Waals surface area contributed by atoms with Gasteiger partial charge in [-0.15, -0.1) is 0 Å². The Morgan fingerprint density at radius 3 is 2.53 bits per heavy atom. The first-order valence-electron chi connectivity index (χ1n) is 6.33. The summed E-state index contributed by atoms with van der Waals surface area (Å²) in [5, 5.41) is 4.19. The molecule has 1 fully saturated rings. The van der Waals surface area contributed by atoms with E-state index < -0.39 is 0 Å². The Kier molecular flexibility index (Phi) is 4.43. The van der Waals surface area contributed by atoms with E-state index in [2.05, 4.69) is 29.4 Å². The normalized spacial score (nSPS) is 17.4. The highest BCUT2D eigenvalue weighted by Gasteiger charge is 2.26. The van der Waals surface area contributed by atoms with Crippen molar-refractivity contribution < 1.29 is 0 Å². The molecular formula is C14H21ClN2. The third-order valence-electron chi connectivity index (χ3n) is 3.56. The van der Waals surface area contributed by atoms with Crippen molar-refractivity contribution in [2.24, 2.45) is 0 Å². The molecule has 2 rings (SSSR count). The molecule has 1 aliphatic rings. The maximum Gasteiger partial charge on any atom is 0.0406 e. The van der Waals surface area contributed by atoms with Gasteiger partial charge in [0.15, 0.2) is 0 Å². The van der Waals surface area contributed by atoms with Crippen molar-refractivity contribution in [2.75, 3.05) is 20.6 Å². The first-order chi connectivity index (χ1) is 8.20. The number of halogens is 1. The monoisotopic (exact) mass is 252 g/mol. The molecule has 1 saturated carbocycles. The van der Waals surface area contributed by atoms with E-state index >= 15 is 0 Å². The average Bonchev–Trinajstić information content (AvgIpc) is 3.16. The molecule has 1 atom stereocenters. The highest BCUT2D eigenvalue weighted by Crippen LogP contribution is 2.26. The largest absolute Gasteiger partial charge is 0.313 e. The van der Waals surface area contributed by atoms with Crippen LogP contribution < -0.4 is 5.32 Å². The van der Waals surface area contributed by atoms with Crippen LogP contribution in [0.25, 0.3) is 0 Å². The molecule has 3 heteroatoms. The lowest BCUT2D eigenvalue weighted by Crippen LogP contribution is -2.26. The maximum absolute atomic E-state index is 5.91. The minimum atomic E-state index is 0.425. The number of nitrogens with zero attached hydrogens (tertiary/aromatic N) is 1. The Morgan fingerprint density at radius 1 is 1.35 bits per heavy atom. The van der Waals surface area contributed by atoms with E-state index in [0.717, 1.165) is 24.0 Å². The van der Waals surface area contributed by atoms with Gasteiger partial charge in [-0.05, 0) is 57.6 Å². The van der Waals surface area contributed by atoms with Crippen LogP contribution >= 0.6 is 11.6 Å². The zero-order chi connectivity index (χ0) is 12.3. The van der Waals surface area contributed by atoms with E-state index in [4.69, 9.17) is 11.6 Å². The predicted molar refractivity (Wildman–Crippen MR) is 73.5 cm³/mol. The minimum absolute atomic E-state index is 0.425. The van der Waals surface area contributed by atoms with Crippen molar-refractivity contribution in [1.29, 1.82) is 0 Å². The van der Waals surface area contributed by atoms with Gasteiger partial charge in [0, 0.05) is 17.1 Å². The molecule has 0 saturated heterocycles. The molecule has 94 valence electrons. The van der Waals surface area contributed by atoms with Gasteiger partial charge in [-0.3, -0.25) is 0 Å². The van der Waals surface area contributed by atoms with Crippen LogP contribution in [0.5, 0.6) is 0 Å². The first kappa shape index (κ1) is 12.9. The lowest BCUT2D eigenvalue weighted by atomic mass is 10.0. The van der Waals surface area contributed by atoms with E-state index in [0.29, 0.717) is 6.04 Å². The van der Waals surface area contributed by atoms with Crippen molar-refractivity contribution in [3.8, 4) is 0 Å². The summed E-state index contributed by atoms with van der Waals surface area (Å²) in [6.07, 6.45) is 3.90. The highest BCUT2D eigenvalue weighted by molar-refractivity contribution is 6.30. The summed E-state index contributed by atoms with van der Waals surface area (Å²) in [6, 6.07) is 9.42. The van der Waals surface area contributed by atoms with Crippen molar-refractivity contribution >= 4 is 11.6 Å². The third kappa shape index (κ3) is 3.70. The fourth-order valence-corrected chi connectivity index (χ4v) is 2.33. The van der Waals surface area contributed by atoms with Crippen LogP contribution in [-0.2, 0) is 0 Å². The summed E-state index contributed by atoms with van der Waals surface area (Å²) in [6.45, 7) is 1.15. The lowest BCUT2D eigenvalue weighted by molar-refractivity contribution is 0.302. The summed E-state index contributed by atoms with van der Waals surface area (Å²) < 4.78 is 0. The van der Waals surface area contributed by atoms with Crippen molar-refractivity contribution in [3.05, 3.63) is 34.9 Å². The van der Waals surface area contributed by atoms with Gasteiger partial charge in [-0.2, -0.15) is 0 Å². The Morgan fingerprint density at radius 2 is 2.00 bits per heavy atom. The molecule has 0 spiro atoms. The zero-order valence-corrected chi connectivity index (χ0v) is 11.4. The number of rotatable bonds is 6. The van der Waals surface area contributed by atoms with Gasteiger partial charge in [-0.25, -0.2) is 0 Å². The number of hydrogen-bond donors (Lipinski definition) is 1. The van der Waals surface area contributed by atoms with Gasteiger partial charge < -0.3 is 10.2 Å². The quantitative estimate of drug-likeness (QED) is 0.837. The molecule has 2 nitrogen and oxygen atoms in total. The lowest BCUT2D eigenvalue weighted by Gasteiger charge is -2.21. The van der Waals surface area contributed by atoms with Gasteiger partial charge in [0.2, 0.25) is 0 Å². The van der Waals surface area contributed by atoms with Crippen LogP contribution in [0.15, 0.2) is 24.3 Å². The fraction of sp³-hybridized carbons (Fsp3) is 0.571. The maximum atomic E-state index is 5.91. The van der Waals surface area contributed by atoms with Crippen LogP contribution in [0.2, 0.25) is 5.02 Å². The van der Waals surface area contributed by atoms with Gasteiger partial charge in [0.1, 0.15) is 0 Å². The average molecular weight is 253 g/mol. The molecule has 0 heterocycles. The minimum Gasteiger partial charge on any atom is -0.313 e. The second-order valence-corrected chi connectivity index (χ2v) is 5.33. The topological polar surface area (TPSA) is 15.3 Å². The second-order valence-electron chi connectivity index (χ2n) is 4.89. The SMILES string of the molecule is CNC(CCN(C)C1CC1)c1ccc(Cl)cc1. The summed E-state index contributed by atoms with van der Waals surface area (Å²) in [4.78, 5) is 2.47. The second kappa shape index (κ2) is 5.85. The van der Waals surface area contributed by atoms with E-state index in [1.807, 2.05) is 19.2 Å². The van der Waals surface area contributed by atoms with Crippen LogP contribution in [-0.4, -0.2) is 31.6 Å². The molecule has 1 aromatic rings. The molecule has 1 aliphatic carbocycles. The van der Waals surface area contributed by atoms with Crippen molar-refractivity contribution in [3.63, 3.8) is 0 Å². The summed E-state index contributed by atoms with van der Waals surface area (Å²) in [7, 11) is 4.25. The first-order valence-corrected chi connectivity index (χ1v) is 6.71. The molecule has 0 aliphatic heterocycles. The molecule has 0 bridgehead atoms. The fourth-order valence-electron chi connectivity index (χ4n) is 2.20. The molecule has 0 radical (unpaired) electrons. The molecule has 17 heavy (non-hydrogen) atoms. The Balaban J connectivity index is 1.88. The van der Waals surface area contributed by atoms with Crippen LogP contribution in [0.4, 0.5) is 0 Å².